The second kappa shape index (κ2) is 6.67. The van der Waals surface area contributed by atoms with Gasteiger partial charge in [-0.3, -0.25) is 0 Å². The van der Waals surface area contributed by atoms with E-state index < -0.39 is 0 Å². The molecule has 1 aromatic rings. The van der Waals surface area contributed by atoms with Crippen molar-refractivity contribution in [1.29, 1.82) is 0 Å². The number of nitrogens with zero attached hydrogens (tertiary/aromatic N) is 1. The van der Waals surface area contributed by atoms with Crippen LogP contribution in [0.3, 0.4) is 0 Å². The van der Waals surface area contributed by atoms with Gasteiger partial charge < -0.3 is 4.90 Å². The minimum atomic E-state index is 0.311. The Bertz CT molecular complexity index is 638. The molecule has 0 bridgehead atoms. The highest BCUT2D eigenvalue weighted by atomic mass is 15.2. The van der Waals surface area contributed by atoms with Crippen LogP contribution in [0.1, 0.15) is 52.2 Å². The number of fused-ring (bicyclic) bond motifs is 1. The summed E-state index contributed by atoms with van der Waals surface area (Å²) in [7, 11) is 0. The van der Waals surface area contributed by atoms with Gasteiger partial charge in [-0.15, -0.1) is 0 Å². The Kier molecular flexibility index (Phi) is 4.88. The molecule has 1 heterocycles. The van der Waals surface area contributed by atoms with Gasteiger partial charge in [0, 0.05) is 12.2 Å². The van der Waals surface area contributed by atoms with E-state index in [1.165, 1.54) is 41.7 Å². The summed E-state index contributed by atoms with van der Waals surface area (Å²) in [4.78, 5) is 2.59. The lowest BCUT2D eigenvalue weighted by molar-refractivity contribution is 0.183. The molecule has 0 amide bonds. The fraction of sp³-hybridized carbons (Fsp3) is 0.583. The van der Waals surface area contributed by atoms with Crippen molar-refractivity contribution in [3.05, 3.63) is 59.8 Å². The monoisotopic (exact) mass is 337 g/mol. The van der Waals surface area contributed by atoms with Gasteiger partial charge in [-0.25, -0.2) is 0 Å². The van der Waals surface area contributed by atoms with Gasteiger partial charge in [0.05, 0.1) is 6.04 Å². The average molecular weight is 338 g/mol. The minimum Gasteiger partial charge on any atom is -0.368 e. The Balaban J connectivity index is 1.75. The lowest BCUT2D eigenvalue weighted by Crippen LogP contribution is -2.39. The molecule has 1 aliphatic heterocycles. The smallest absolute Gasteiger partial charge is 0.0527 e. The molecule has 0 radical (unpaired) electrons. The third-order valence-electron chi connectivity index (χ3n) is 6.70. The Morgan fingerprint density at radius 1 is 1.12 bits per heavy atom. The summed E-state index contributed by atoms with van der Waals surface area (Å²) in [6.07, 6.45) is 3.65. The molecule has 3 atom stereocenters. The lowest BCUT2D eigenvalue weighted by Gasteiger charge is -2.39. The fourth-order valence-electron chi connectivity index (χ4n) is 5.11. The molecule has 1 nitrogen and oxygen atoms in total. The van der Waals surface area contributed by atoms with E-state index in [4.69, 9.17) is 0 Å². The standard InChI is InChI=1S/C24H35N/c1-16(2)23-22(24(5,6)7)12-13-25(23)18(4)17(3)21-14-19-10-8-9-11-20(19)15-21/h8-11,17,21-23H,1,4,12-15H2,2-3,5-7H3. The molecule has 3 rings (SSSR count). The van der Waals surface area contributed by atoms with Crippen LogP contribution in [0.15, 0.2) is 48.7 Å². The molecule has 1 heteroatoms. The molecule has 1 fully saturated rings. The minimum absolute atomic E-state index is 0.311. The van der Waals surface area contributed by atoms with Crippen LogP contribution < -0.4 is 0 Å². The summed E-state index contributed by atoms with van der Waals surface area (Å²) in [6.45, 7) is 21.7. The van der Waals surface area contributed by atoms with Crippen LogP contribution in [0.4, 0.5) is 0 Å². The summed E-state index contributed by atoms with van der Waals surface area (Å²) < 4.78 is 0. The van der Waals surface area contributed by atoms with Crippen LogP contribution in [0, 0.1) is 23.2 Å². The van der Waals surface area contributed by atoms with Gasteiger partial charge in [-0.2, -0.15) is 0 Å². The van der Waals surface area contributed by atoms with Gasteiger partial charge in [-0.05, 0) is 60.5 Å². The molecule has 3 unspecified atom stereocenters. The molecule has 0 N–H and O–H groups in total. The van der Waals surface area contributed by atoms with E-state index >= 15 is 0 Å². The summed E-state index contributed by atoms with van der Waals surface area (Å²) in [5, 5.41) is 0. The van der Waals surface area contributed by atoms with Crippen molar-refractivity contribution in [3.8, 4) is 0 Å². The molecule has 1 aromatic carbocycles. The fourth-order valence-corrected chi connectivity index (χ4v) is 5.11. The van der Waals surface area contributed by atoms with Crippen LogP contribution in [-0.2, 0) is 12.8 Å². The molecule has 136 valence electrons. The van der Waals surface area contributed by atoms with Crippen molar-refractivity contribution in [3.63, 3.8) is 0 Å². The van der Waals surface area contributed by atoms with Crippen molar-refractivity contribution >= 4 is 0 Å². The van der Waals surface area contributed by atoms with E-state index in [9.17, 15) is 0 Å². The summed E-state index contributed by atoms with van der Waals surface area (Å²) in [5.74, 6) is 1.87. The number of benzene rings is 1. The Labute approximate surface area is 154 Å². The third-order valence-corrected chi connectivity index (χ3v) is 6.70. The summed E-state index contributed by atoms with van der Waals surface area (Å²) in [6, 6.07) is 9.39. The highest BCUT2D eigenvalue weighted by Crippen LogP contribution is 2.44. The maximum absolute atomic E-state index is 4.58. The van der Waals surface area contributed by atoms with Crippen LogP contribution in [0.5, 0.6) is 0 Å². The topological polar surface area (TPSA) is 3.24 Å². The van der Waals surface area contributed by atoms with Crippen molar-refractivity contribution < 1.29 is 0 Å². The van der Waals surface area contributed by atoms with Gasteiger partial charge in [0.25, 0.3) is 0 Å². The number of rotatable bonds is 4. The number of allylic oxidation sites excluding steroid dienone is 1. The highest BCUT2D eigenvalue weighted by molar-refractivity contribution is 5.33. The largest absolute Gasteiger partial charge is 0.368 e. The van der Waals surface area contributed by atoms with Crippen molar-refractivity contribution in [1.82, 2.24) is 4.90 Å². The first-order valence-electron chi connectivity index (χ1n) is 9.87. The maximum atomic E-state index is 4.58. The van der Waals surface area contributed by atoms with Crippen LogP contribution >= 0.6 is 0 Å². The molecular formula is C24H35N. The van der Waals surface area contributed by atoms with Crippen LogP contribution in [-0.4, -0.2) is 17.5 Å². The van der Waals surface area contributed by atoms with Crippen LogP contribution in [0.2, 0.25) is 0 Å². The summed E-state index contributed by atoms with van der Waals surface area (Å²) in [5.41, 5.74) is 6.01. The van der Waals surface area contributed by atoms with Gasteiger partial charge in [-0.1, -0.05) is 70.7 Å². The van der Waals surface area contributed by atoms with Gasteiger partial charge in [0.15, 0.2) is 0 Å². The van der Waals surface area contributed by atoms with Crippen LogP contribution in [0.25, 0.3) is 0 Å². The van der Waals surface area contributed by atoms with Gasteiger partial charge in [0.2, 0.25) is 0 Å². The Hall–Kier alpha value is -1.50. The molecule has 0 spiro atoms. The lowest BCUT2D eigenvalue weighted by atomic mass is 9.74. The number of likely N-dealkylation sites (tertiary alicyclic amines) is 1. The van der Waals surface area contributed by atoms with E-state index in [2.05, 4.69) is 76.9 Å². The molecule has 1 saturated heterocycles. The highest BCUT2D eigenvalue weighted by Gasteiger charge is 2.43. The van der Waals surface area contributed by atoms with Crippen molar-refractivity contribution in [2.75, 3.05) is 6.54 Å². The van der Waals surface area contributed by atoms with E-state index in [-0.39, 0.29) is 0 Å². The van der Waals surface area contributed by atoms with Crippen molar-refractivity contribution in [2.24, 2.45) is 23.2 Å². The first-order chi connectivity index (χ1) is 11.7. The maximum Gasteiger partial charge on any atom is 0.0527 e. The number of hydrogen-bond acceptors (Lipinski definition) is 1. The molecule has 2 aliphatic rings. The zero-order valence-corrected chi connectivity index (χ0v) is 16.8. The Morgan fingerprint density at radius 3 is 2.16 bits per heavy atom. The zero-order valence-electron chi connectivity index (χ0n) is 16.8. The molecule has 25 heavy (non-hydrogen) atoms. The van der Waals surface area contributed by atoms with E-state index in [1.54, 1.807) is 0 Å². The predicted octanol–water partition coefficient (Wildman–Crippen LogP) is 5.86. The molecular weight excluding hydrogens is 302 g/mol. The second-order valence-corrected chi connectivity index (χ2v) is 9.46. The van der Waals surface area contributed by atoms with Gasteiger partial charge in [0.1, 0.15) is 0 Å². The quantitative estimate of drug-likeness (QED) is 0.622. The number of hydrogen-bond donors (Lipinski definition) is 0. The van der Waals surface area contributed by atoms with Crippen molar-refractivity contribution in [2.45, 2.75) is 59.9 Å². The normalized spacial score (nSPS) is 25.1. The summed E-state index contributed by atoms with van der Waals surface area (Å²) >= 11 is 0. The zero-order chi connectivity index (χ0) is 18.4. The molecule has 0 saturated carbocycles. The first kappa shape index (κ1) is 18.3. The Morgan fingerprint density at radius 2 is 1.68 bits per heavy atom. The van der Waals surface area contributed by atoms with E-state index in [1.807, 2.05) is 0 Å². The predicted molar refractivity (Wildman–Crippen MR) is 109 cm³/mol. The molecule has 0 aromatic heterocycles. The SMILES string of the molecule is C=C(C)C1C(C(C)(C)C)CCN1C(=C)C(C)C1Cc2ccccc2C1. The molecule has 1 aliphatic carbocycles. The third kappa shape index (κ3) is 3.43. The first-order valence-corrected chi connectivity index (χ1v) is 9.87. The van der Waals surface area contributed by atoms with E-state index in [0.29, 0.717) is 29.2 Å². The average Bonchev–Trinajstić information content (AvgIpc) is 3.16. The van der Waals surface area contributed by atoms with Gasteiger partial charge >= 0.3 is 0 Å². The van der Waals surface area contributed by atoms with E-state index in [0.717, 1.165) is 6.54 Å². The second-order valence-electron chi connectivity index (χ2n) is 9.46.